The van der Waals surface area contributed by atoms with Crippen LogP contribution >= 0.6 is 11.6 Å². The molecule has 1 saturated heterocycles. The molecule has 2 rings (SSSR count). The Labute approximate surface area is 159 Å². The van der Waals surface area contributed by atoms with Gasteiger partial charge in [-0.05, 0) is 31.5 Å². The molecule has 0 bridgehead atoms. The Morgan fingerprint density at radius 1 is 1.38 bits per heavy atom. The highest BCUT2D eigenvalue weighted by atomic mass is 35.5. The van der Waals surface area contributed by atoms with Gasteiger partial charge in [-0.3, -0.25) is 4.79 Å². The molecule has 1 aromatic carbocycles. The SMILES string of the molecule is CCC[C@@H](C)NC(=O)COc1ccc(S(=O)(=O)N2CCOCC2)cc1Cl. The number of nitrogens with one attached hydrogen (secondary N) is 1. The molecule has 1 fully saturated rings. The van der Waals surface area contributed by atoms with Gasteiger partial charge in [0.15, 0.2) is 6.61 Å². The van der Waals surface area contributed by atoms with Crippen molar-refractivity contribution in [3.8, 4) is 5.75 Å². The highest BCUT2D eigenvalue weighted by Crippen LogP contribution is 2.29. The smallest absolute Gasteiger partial charge is 0.258 e. The fourth-order valence-corrected chi connectivity index (χ4v) is 4.39. The number of nitrogens with zero attached hydrogens (tertiary/aromatic N) is 1. The summed E-state index contributed by atoms with van der Waals surface area (Å²) in [5.74, 6) is 0.0259. The third kappa shape index (κ3) is 5.57. The Bertz CT molecular complexity index is 720. The first-order valence-corrected chi connectivity index (χ1v) is 10.5. The number of benzene rings is 1. The molecule has 0 aliphatic carbocycles. The minimum absolute atomic E-state index is 0.0765. The van der Waals surface area contributed by atoms with Crippen LogP contribution in [-0.2, 0) is 19.6 Å². The van der Waals surface area contributed by atoms with Gasteiger partial charge in [0, 0.05) is 19.1 Å². The zero-order valence-corrected chi connectivity index (χ0v) is 16.6. The average molecular weight is 405 g/mol. The van der Waals surface area contributed by atoms with Crippen molar-refractivity contribution in [1.82, 2.24) is 9.62 Å². The molecule has 0 spiro atoms. The van der Waals surface area contributed by atoms with Crippen molar-refractivity contribution in [1.29, 1.82) is 0 Å². The van der Waals surface area contributed by atoms with Gasteiger partial charge in [0.1, 0.15) is 5.75 Å². The lowest BCUT2D eigenvalue weighted by Crippen LogP contribution is -2.40. The molecule has 0 saturated carbocycles. The predicted molar refractivity (Wildman–Crippen MR) is 99.0 cm³/mol. The van der Waals surface area contributed by atoms with Crippen molar-refractivity contribution >= 4 is 27.5 Å². The molecule has 1 aliphatic rings. The van der Waals surface area contributed by atoms with E-state index in [-0.39, 0.29) is 34.2 Å². The Hall–Kier alpha value is -1.35. The molecule has 146 valence electrons. The highest BCUT2D eigenvalue weighted by molar-refractivity contribution is 7.89. The van der Waals surface area contributed by atoms with Crippen LogP contribution in [0.25, 0.3) is 0 Å². The van der Waals surface area contributed by atoms with Crippen LogP contribution in [0.4, 0.5) is 0 Å². The molecule has 1 aliphatic heterocycles. The molecule has 0 radical (unpaired) electrons. The second-order valence-electron chi connectivity index (χ2n) is 6.15. The van der Waals surface area contributed by atoms with Crippen LogP contribution in [0.5, 0.6) is 5.75 Å². The zero-order chi connectivity index (χ0) is 19.2. The monoisotopic (exact) mass is 404 g/mol. The van der Waals surface area contributed by atoms with Crippen LogP contribution in [0.3, 0.4) is 0 Å². The predicted octanol–water partition coefficient (Wildman–Crippen LogP) is 2.04. The van der Waals surface area contributed by atoms with E-state index in [0.29, 0.717) is 26.3 Å². The number of hydrogen-bond donors (Lipinski definition) is 1. The molecular formula is C17H25ClN2O5S. The van der Waals surface area contributed by atoms with E-state index in [1.807, 2.05) is 13.8 Å². The Morgan fingerprint density at radius 2 is 2.08 bits per heavy atom. The van der Waals surface area contributed by atoms with Crippen LogP contribution in [0.15, 0.2) is 23.1 Å². The number of halogens is 1. The number of ether oxygens (including phenoxy) is 2. The maximum Gasteiger partial charge on any atom is 0.258 e. The topological polar surface area (TPSA) is 84.9 Å². The molecule has 0 aromatic heterocycles. The highest BCUT2D eigenvalue weighted by Gasteiger charge is 2.27. The van der Waals surface area contributed by atoms with Crippen molar-refractivity contribution < 1.29 is 22.7 Å². The summed E-state index contributed by atoms with van der Waals surface area (Å²) < 4.78 is 37.2. The number of carbonyl (C=O) groups is 1. The molecule has 1 N–H and O–H groups in total. The fourth-order valence-electron chi connectivity index (χ4n) is 2.66. The minimum Gasteiger partial charge on any atom is -0.482 e. The Kier molecular flexibility index (Phi) is 7.69. The van der Waals surface area contributed by atoms with Crippen molar-refractivity contribution in [3.63, 3.8) is 0 Å². The number of morpholine rings is 1. The normalized spacial score (nSPS) is 16.9. The lowest BCUT2D eigenvalue weighted by atomic mass is 10.2. The van der Waals surface area contributed by atoms with Crippen LogP contribution in [0, 0.1) is 0 Å². The third-order valence-electron chi connectivity index (χ3n) is 4.00. The summed E-state index contributed by atoms with van der Waals surface area (Å²) in [6, 6.07) is 4.33. The molecule has 1 aromatic rings. The summed E-state index contributed by atoms with van der Waals surface area (Å²) in [7, 11) is -3.62. The Balaban J connectivity index is 1.99. The van der Waals surface area contributed by atoms with Gasteiger partial charge < -0.3 is 14.8 Å². The summed E-state index contributed by atoms with van der Waals surface area (Å²) in [6.07, 6.45) is 1.87. The number of carbonyl (C=O) groups excluding carboxylic acids is 1. The molecule has 26 heavy (non-hydrogen) atoms. The standard InChI is InChI=1S/C17H25ClN2O5S/c1-3-4-13(2)19-17(21)12-25-16-6-5-14(11-15(16)18)26(22,23)20-7-9-24-10-8-20/h5-6,11,13H,3-4,7-10,12H2,1-2H3,(H,19,21)/t13-/m1/s1. The molecule has 1 amide bonds. The second-order valence-corrected chi connectivity index (χ2v) is 8.50. The van der Waals surface area contributed by atoms with Gasteiger partial charge in [0.2, 0.25) is 10.0 Å². The zero-order valence-electron chi connectivity index (χ0n) is 15.0. The number of amides is 1. The third-order valence-corrected chi connectivity index (χ3v) is 6.19. The van der Waals surface area contributed by atoms with Gasteiger partial charge in [0.05, 0.1) is 23.1 Å². The molecule has 1 heterocycles. The second kappa shape index (κ2) is 9.55. The summed E-state index contributed by atoms with van der Waals surface area (Å²) >= 11 is 6.15. The van der Waals surface area contributed by atoms with Crippen molar-refractivity contribution in [2.45, 2.75) is 37.6 Å². The van der Waals surface area contributed by atoms with E-state index in [9.17, 15) is 13.2 Å². The molecular weight excluding hydrogens is 380 g/mol. The van der Waals surface area contributed by atoms with Gasteiger partial charge in [0.25, 0.3) is 5.91 Å². The van der Waals surface area contributed by atoms with Gasteiger partial charge in [-0.15, -0.1) is 0 Å². The lowest BCUT2D eigenvalue weighted by Gasteiger charge is -2.26. The van der Waals surface area contributed by atoms with Crippen molar-refractivity contribution in [2.75, 3.05) is 32.9 Å². The summed E-state index contributed by atoms with van der Waals surface area (Å²) in [6.45, 7) is 5.18. The molecule has 1 atom stereocenters. The quantitative estimate of drug-likeness (QED) is 0.716. The van der Waals surface area contributed by atoms with Crippen LogP contribution in [0.1, 0.15) is 26.7 Å². The van der Waals surface area contributed by atoms with E-state index < -0.39 is 10.0 Å². The summed E-state index contributed by atoms with van der Waals surface area (Å²) in [5.41, 5.74) is 0. The molecule has 0 unspecified atom stereocenters. The van der Waals surface area contributed by atoms with Gasteiger partial charge in [-0.25, -0.2) is 8.42 Å². The lowest BCUT2D eigenvalue weighted by molar-refractivity contribution is -0.123. The fraction of sp³-hybridized carbons (Fsp3) is 0.588. The van der Waals surface area contributed by atoms with Gasteiger partial charge >= 0.3 is 0 Å². The summed E-state index contributed by atoms with van der Waals surface area (Å²) in [5, 5.41) is 2.97. The van der Waals surface area contributed by atoms with Crippen molar-refractivity contribution in [3.05, 3.63) is 23.2 Å². The first-order chi connectivity index (χ1) is 12.3. The number of sulfonamides is 1. The number of rotatable bonds is 8. The van der Waals surface area contributed by atoms with Crippen molar-refractivity contribution in [2.24, 2.45) is 0 Å². The van der Waals surface area contributed by atoms with E-state index >= 15 is 0 Å². The largest absolute Gasteiger partial charge is 0.482 e. The van der Waals surface area contributed by atoms with Crippen LogP contribution in [-0.4, -0.2) is 57.6 Å². The molecule has 9 heteroatoms. The maximum atomic E-state index is 12.6. The average Bonchev–Trinajstić information content (AvgIpc) is 2.61. The first kappa shape index (κ1) is 21.0. The van der Waals surface area contributed by atoms with E-state index in [1.165, 1.54) is 22.5 Å². The van der Waals surface area contributed by atoms with E-state index in [2.05, 4.69) is 5.32 Å². The minimum atomic E-state index is -3.62. The van der Waals surface area contributed by atoms with Gasteiger partial charge in [-0.1, -0.05) is 24.9 Å². The number of hydrogen-bond acceptors (Lipinski definition) is 5. The summed E-state index contributed by atoms with van der Waals surface area (Å²) in [4.78, 5) is 11.9. The van der Waals surface area contributed by atoms with Gasteiger partial charge in [-0.2, -0.15) is 4.31 Å². The Morgan fingerprint density at radius 3 is 2.69 bits per heavy atom. The van der Waals surface area contributed by atoms with E-state index in [0.717, 1.165) is 12.8 Å². The van der Waals surface area contributed by atoms with E-state index in [4.69, 9.17) is 21.1 Å². The van der Waals surface area contributed by atoms with Crippen LogP contribution < -0.4 is 10.1 Å². The van der Waals surface area contributed by atoms with E-state index in [1.54, 1.807) is 0 Å². The van der Waals surface area contributed by atoms with Crippen LogP contribution in [0.2, 0.25) is 5.02 Å². The maximum absolute atomic E-state index is 12.6. The molecule has 7 nitrogen and oxygen atoms in total. The first-order valence-electron chi connectivity index (χ1n) is 8.64.